The van der Waals surface area contributed by atoms with Crippen LogP contribution in [-0.4, -0.2) is 52.3 Å². The van der Waals surface area contributed by atoms with Gasteiger partial charge in [-0.05, 0) is 25.5 Å². The summed E-state index contributed by atoms with van der Waals surface area (Å²) in [5, 5.41) is 5.85. The van der Waals surface area contributed by atoms with E-state index in [-0.39, 0.29) is 18.2 Å². The molecule has 2 atom stereocenters. The molecule has 140 valence electrons. The molecule has 7 heteroatoms. The van der Waals surface area contributed by atoms with Crippen LogP contribution in [0.1, 0.15) is 19.4 Å². The number of imidazole rings is 1. The highest BCUT2D eigenvalue weighted by Crippen LogP contribution is 2.20. The van der Waals surface area contributed by atoms with Crippen LogP contribution in [0, 0.1) is 0 Å². The van der Waals surface area contributed by atoms with Gasteiger partial charge in [0.2, 0.25) is 0 Å². The highest BCUT2D eigenvalue weighted by Gasteiger charge is 2.22. The number of ether oxygens (including phenoxy) is 1. The van der Waals surface area contributed by atoms with Crippen LogP contribution in [-0.2, 0) is 17.8 Å². The van der Waals surface area contributed by atoms with Crippen molar-refractivity contribution in [3.8, 4) is 0 Å². The van der Waals surface area contributed by atoms with Crippen LogP contribution in [0.25, 0.3) is 0 Å². The van der Waals surface area contributed by atoms with Gasteiger partial charge in [0.1, 0.15) is 0 Å². The van der Waals surface area contributed by atoms with Crippen molar-refractivity contribution in [1.29, 1.82) is 0 Å². The molecule has 1 aliphatic heterocycles. The molecule has 1 saturated heterocycles. The first-order valence-electron chi connectivity index (χ1n) is 9.06. The van der Waals surface area contributed by atoms with Gasteiger partial charge in [-0.2, -0.15) is 0 Å². The largest absolute Gasteiger partial charge is 0.373 e. The molecule has 1 aliphatic rings. The van der Waals surface area contributed by atoms with Gasteiger partial charge in [-0.15, -0.1) is 0 Å². The number of morpholine rings is 1. The highest BCUT2D eigenvalue weighted by atomic mass is 16.5. The van der Waals surface area contributed by atoms with E-state index in [1.807, 2.05) is 29.0 Å². The lowest BCUT2D eigenvalue weighted by Gasteiger charge is -2.35. The summed E-state index contributed by atoms with van der Waals surface area (Å²) in [7, 11) is 0. The molecular formula is C19H27N5O2. The summed E-state index contributed by atoms with van der Waals surface area (Å²) in [5.41, 5.74) is 1.96. The summed E-state index contributed by atoms with van der Waals surface area (Å²) in [5.74, 6) is 0. The Morgan fingerprint density at radius 1 is 1.27 bits per heavy atom. The first-order valence-corrected chi connectivity index (χ1v) is 9.06. The number of hydrogen-bond donors (Lipinski definition) is 2. The number of urea groups is 1. The second-order valence-electron chi connectivity index (χ2n) is 6.79. The van der Waals surface area contributed by atoms with Crippen molar-refractivity contribution >= 4 is 11.7 Å². The zero-order valence-electron chi connectivity index (χ0n) is 15.4. The van der Waals surface area contributed by atoms with E-state index in [1.165, 1.54) is 0 Å². The molecule has 1 fully saturated rings. The third-order valence-electron chi connectivity index (χ3n) is 4.37. The summed E-state index contributed by atoms with van der Waals surface area (Å²) in [6.07, 6.45) is 5.79. The van der Waals surface area contributed by atoms with Gasteiger partial charge in [-0.3, -0.25) is 4.90 Å². The highest BCUT2D eigenvalue weighted by molar-refractivity contribution is 5.90. The van der Waals surface area contributed by atoms with Gasteiger partial charge in [0.25, 0.3) is 0 Å². The summed E-state index contributed by atoms with van der Waals surface area (Å²) in [6, 6.07) is 7.76. The third-order valence-corrected chi connectivity index (χ3v) is 4.37. The number of nitrogens with one attached hydrogen (secondary N) is 2. The second-order valence-corrected chi connectivity index (χ2v) is 6.79. The Bertz CT molecular complexity index is 694. The fourth-order valence-electron chi connectivity index (χ4n) is 3.32. The average Bonchev–Trinajstić information content (AvgIpc) is 3.09. The molecule has 0 spiro atoms. The Balaban J connectivity index is 1.53. The van der Waals surface area contributed by atoms with Crippen LogP contribution in [0.15, 0.2) is 43.0 Å². The van der Waals surface area contributed by atoms with Crippen LogP contribution in [0.5, 0.6) is 0 Å². The molecule has 7 nitrogen and oxygen atoms in total. The number of carbonyl (C=O) groups excluding carboxylic acids is 1. The molecule has 2 amide bonds. The van der Waals surface area contributed by atoms with E-state index in [0.29, 0.717) is 13.1 Å². The lowest BCUT2D eigenvalue weighted by Crippen LogP contribution is -2.45. The summed E-state index contributed by atoms with van der Waals surface area (Å²) in [4.78, 5) is 18.6. The minimum Gasteiger partial charge on any atom is -0.373 e. The van der Waals surface area contributed by atoms with Crippen molar-refractivity contribution in [3.63, 3.8) is 0 Å². The Labute approximate surface area is 154 Å². The number of nitrogens with zero attached hydrogens (tertiary/aromatic N) is 3. The van der Waals surface area contributed by atoms with E-state index in [4.69, 9.17) is 4.74 Å². The topological polar surface area (TPSA) is 71.4 Å². The van der Waals surface area contributed by atoms with E-state index in [0.717, 1.165) is 30.9 Å². The van der Waals surface area contributed by atoms with Crippen molar-refractivity contribution in [1.82, 2.24) is 19.8 Å². The molecule has 0 bridgehead atoms. The maximum atomic E-state index is 12.2. The third kappa shape index (κ3) is 5.31. The number of rotatable bonds is 6. The molecule has 2 N–H and O–H groups in total. The molecule has 26 heavy (non-hydrogen) atoms. The van der Waals surface area contributed by atoms with Gasteiger partial charge in [-0.25, -0.2) is 9.78 Å². The Kier molecular flexibility index (Phi) is 6.25. The smallest absolute Gasteiger partial charge is 0.319 e. The quantitative estimate of drug-likeness (QED) is 0.832. The van der Waals surface area contributed by atoms with Crippen LogP contribution < -0.4 is 10.6 Å². The molecule has 1 aromatic heterocycles. The number of amides is 2. The van der Waals surface area contributed by atoms with Crippen molar-refractivity contribution in [3.05, 3.63) is 48.5 Å². The summed E-state index contributed by atoms with van der Waals surface area (Å²) >= 11 is 0. The molecule has 1 aromatic carbocycles. The molecular weight excluding hydrogens is 330 g/mol. The van der Waals surface area contributed by atoms with Crippen molar-refractivity contribution in [2.45, 2.75) is 39.1 Å². The fraction of sp³-hybridized carbons (Fsp3) is 0.474. The molecule has 0 aliphatic carbocycles. The van der Waals surface area contributed by atoms with Gasteiger partial charge in [0.05, 0.1) is 18.5 Å². The van der Waals surface area contributed by atoms with Crippen molar-refractivity contribution in [2.24, 2.45) is 0 Å². The SMILES string of the molecule is CC1CN(Cc2ccccc2NC(=O)NCCn2ccnc2)CC(C)O1. The zero-order chi connectivity index (χ0) is 18.4. The lowest BCUT2D eigenvalue weighted by atomic mass is 10.1. The zero-order valence-corrected chi connectivity index (χ0v) is 15.4. The fourth-order valence-corrected chi connectivity index (χ4v) is 3.32. The molecule has 3 rings (SSSR count). The maximum absolute atomic E-state index is 12.2. The maximum Gasteiger partial charge on any atom is 0.319 e. The standard InChI is InChI=1S/C19H27N5O2/c1-15-11-24(12-16(2)26-15)13-17-5-3-4-6-18(17)22-19(25)21-8-10-23-9-7-20-14-23/h3-7,9,14-16H,8,10-13H2,1-2H3,(H2,21,22,25). The summed E-state index contributed by atoms with van der Waals surface area (Å²) in [6.45, 7) is 8.03. The molecule has 0 saturated carbocycles. The van der Waals surface area contributed by atoms with E-state index >= 15 is 0 Å². The number of benzene rings is 1. The molecule has 2 unspecified atom stereocenters. The Morgan fingerprint density at radius 3 is 2.77 bits per heavy atom. The lowest BCUT2D eigenvalue weighted by molar-refractivity contribution is -0.0704. The molecule has 2 heterocycles. The second kappa shape index (κ2) is 8.82. The van der Waals surface area contributed by atoms with Crippen LogP contribution >= 0.6 is 0 Å². The minimum absolute atomic E-state index is 0.193. The molecule has 0 radical (unpaired) electrons. The predicted octanol–water partition coefficient (Wildman–Crippen LogP) is 2.31. The number of para-hydroxylation sites is 1. The van der Waals surface area contributed by atoms with Crippen molar-refractivity contribution in [2.75, 3.05) is 25.0 Å². The van der Waals surface area contributed by atoms with E-state index in [9.17, 15) is 4.79 Å². The average molecular weight is 357 g/mol. The number of carbonyl (C=O) groups is 1. The minimum atomic E-state index is -0.193. The molecule has 2 aromatic rings. The summed E-state index contributed by atoms with van der Waals surface area (Å²) < 4.78 is 7.72. The Morgan fingerprint density at radius 2 is 2.04 bits per heavy atom. The predicted molar refractivity (Wildman–Crippen MR) is 101 cm³/mol. The number of anilines is 1. The van der Waals surface area contributed by atoms with Gasteiger partial charge >= 0.3 is 6.03 Å². The van der Waals surface area contributed by atoms with Gasteiger partial charge in [0.15, 0.2) is 0 Å². The van der Waals surface area contributed by atoms with Crippen LogP contribution in [0.2, 0.25) is 0 Å². The first kappa shape index (κ1) is 18.4. The number of aromatic nitrogens is 2. The van der Waals surface area contributed by atoms with E-state index in [2.05, 4.69) is 40.4 Å². The Hall–Kier alpha value is -2.38. The van der Waals surface area contributed by atoms with Gasteiger partial charge in [0, 0.05) is 50.8 Å². The van der Waals surface area contributed by atoms with E-state index in [1.54, 1.807) is 12.5 Å². The monoisotopic (exact) mass is 357 g/mol. The number of hydrogen-bond acceptors (Lipinski definition) is 4. The van der Waals surface area contributed by atoms with Gasteiger partial charge < -0.3 is 19.9 Å². The van der Waals surface area contributed by atoms with Gasteiger partial charge in [-0.1, -0.05) is 18.2 Å². The van der Waals surface area contributed by atoms with Crippen molar-refractivity contribution < 1.29 is 9.53 Å². The normalized spacial score (nSPS) is 20.7. The van der Waals surface area contributed by atoms with E-state index < -0.39 is 0 Å². The first-order chi connectivity index (χ1) is 12.6. The van der Waals surface area contributed by atoms with Crippen LogP contribution in [0.4, 0.5) is 10.5 Å². The van der Waals surface area contributed by atoms with Crippen LogP contribution in [0.3, 0.4) is 0 Å².